The maximum atomic E-state index is 15.8. The number of carbonyl (C=O) groups is 1. The lowest BCUT2D eigenvalue weighted by Crippen LogP contribution is -2.31. The molecule has 7 nitrogen and oxygen atoms in total. The number of ether oxygens (including phenoxy) is 1. The molecule has 6 rings (SSSR count). The average Bonchev–Trinajstić information content (AvgIpc) is 3.44. The van der Waals surface area contributed by atoms with E-state index >= 15 is 4.39 Å². The SMILES string of the molecule is CN(C)CCCCNC(=O)c1cn2c3c(c(N4CCCC4)c(F)cc3c1=O)Oc1c-2ccc2ccccc12. The second-order valence-electron chi connectivity index (χ2n) is 10.4. The standard InChI is InChI=1S/C30H31FN4O3/c1-33(2)14-6-5-13-32-30(37)22-18-35-24-12-11-19-9-3-4-10-20(19)28(24)38-29-25(35)21(27(22)36)17-23(31)26(29)34-15-7-8-16-34/h3-4,9-12,17-18H,5-8,13-16H2,1-2H3,(H,32,37). The Morgan fingerprint density at radius 3 is 2.63 bits per heavy atom. The van der Waals surface area contributed by atoms with Crippen molar-refractivity contribution in [1.82, 2.24) is 14.8 Å². The van der Waals surface area contributed by atoms with Crippen LogP contribution in [0, 0.1) is 5.82 Å². The van der Waals surface area contributed by atoms with Crippen LogP contribution in [0.4, 0.5) is 10.1 Å². The Labute approximate surface area is 220 Å². The first-order valence-electron chi connectivity index (χ1n) is 13.2. The molecule has 1 amide bonds. The van der Waals surface area contributed by atoms with E-state index in [0.29, 0.717) is 34.9 Å². The van der Waals surface area contributed by atoms with Gasteiger partial charge in [-0.1, -0.05) is 30.3 Å². The first-order valence-corrected chi connectivity index (χ1v) is 13.2. The molecule has 3 heterocycles. The van der Waals surface area contributed by atoms with Gasteiger partial charge in [0, 0.05) is 31.2 Å². The molecule has 38 heavy (non-hydrogen) atoms. The summed E-state index contributed by atoms with van der Waals surface area (Å²) < 4.78 is 24.1. The minimum atomic E-state index is -0.511. The molecule has 0 saturated carbocycles. The molecule has 2 aliphatic heterocycles. The van der Waals surface area contributed by atoms with E-state index in [1.807, 2.05) is 60.0 Å². The fourth-order valence-electron chi connectivity index (χ4n) is 5.58. The molecule has 196 valence electrons. The maximum absolute atomic E-state index is 15.8. The monoisotopic (exact) mass is 514 g/mol. The predicted molar refractivity (Wildman–Crippen MR) is 149 cm³/mol. The van der Waals surface area contributed by atoms with Crippen LogP contribution < -0.4 is 20.4 Å². The van der Waals surface area contributed by atoms with Gasteiger partial charge in [0.1, 0.15) is 16.8 Å². The quantitative estimate of drug-likeness (QED) is 0.308. The third-order valence-corrected chi connectivity index (χ3v) is 7.48. The number of unbranched alkanes of at least 4 members (excludes halogenated alkanes) is 1. The minimum absolute atomic E-state index is 0.00890. The van der Waals surface area contributed by atoms with Gasteiger partial charge in [-0.25, -0.2) is 4.39 Å². The molecule has 0 radical (unpaired) electrons. The molecular weight excluding hydrogens is 483 g/mol. The van der Waals surface area contributed by atoms with E-state index in [1.54, 1.807) is 6.20 Å². The summed E-state index contributed by atoms with van der Waals surface area (Å²) >= 11 is 0. The van der Waals surface area contributed by atoms with E-state index in [9.17, 15) is 9.59 Å². The van der Waals surface area contributed by atoms with Crippen LogP contribution in [-0.4, -0.2) is 55.6 Å². The van der Waals surface area contributed by atoms with Gasteiger partial charge in [-0.2, -0.15) is 0 Å². The van der Waals surface area contributed by atoms with Gasteiger partial charge in [0.2, 0.25) is 5.43 Å². The van der Waals surface area contributed by atoms with E-state index < -0.39 is 17.2 Å². The number of nitrogens with one attached hydrogen (secondary N) is 1. The summed E-state index contributed by atoms with van der Waals surface area (Å²) in [5, 5.41) is 4.89. The van der Waals surface area contributed by atoms with Crippen molar-refractivity contribution in [2.45, 2.75) is 25.7 Å². The van der Waals surface area contributed by atoms with Gasteiger partial charge < -0.3 is 24.4 Å². The summed E-state index contributed by atoms with van der Waals surface area (Å²) in [4.78, 5) is 30.9. The van der Waals surface area contributed by atoms with E-state index in [4.69, 9.17) is 4.74 Å². The second-order valence-corrected chi connectivity index (χ2v) is 10.4. The first-order chi connectivity index (χ1) is 18.4. The third kappa shape index (κ3) is 4.09. The summed E-state index contributed by atoms with van der Waals surface area (Å²) in [6.45, 7) is 2.83. The van der Waals surface area contributed by atoms with Crippen LogP contribution in [0.15, 0.2) is 53.5 Å². The number of nitrogens with zero attached hydrogens (tertiary/aromatic N) is 3. The van der Waals surface area contributed by atoms with Gasteiger partial charge in [-0.15, -0.1) is 0 Å². The van der Waals surface area contributed by atoms with Gasteiger partial charge in [0.05, 0.1) is 11.1 Å². The number of fused-ring (bicyclic) bond motifs is 4. The smallest absolute Gasteiger partial charge is 0.256 e. The molecule has 1 fully saturated rings. The summed E-state index contributed by atoms with van der Waals surface area (Å²) in [6.07, 6.45) is 5.26. The number of anilines is 1. The van der Waals surface area contributed by atoms with Crippen molar-refractivity contribution in [3.05, 3.63) is 70.3 Å². The van der Waals surface area contributed by atoms with Crippen LogP contribution in [0.1, 0.15) is 36.0 Å². The number of carbonyl (C=O) groups excluding carboxylic acids is 1. The van der Waals surface area contributed by atoms with Crippen LogP contribution in [-0.2, 0) is 0 Å². The molecular formula is C30H31FN4O3. The van der Waals surface area contributed by atoms with Gasteiger partial charge >= 0.3 is 0 Å². The van der Waals surface area contributed by atoms with Crippen LogP contribution in [0.25, 0.3) is 27.4 Å². The van der Waals surface area contributed by atoms with Crippen LogP contribution in [0.2, 0.25) is 0 Å². The normalized spacial score (nSPS) is 14.3. The van der Waals surface area contributed by atoms with Gasteiger partial charge in [-0.05, 0) is 63.8 Å². The molecule has 1 N–H and O–H groups in total. The molecule has 8 heteroatoms. The van der Waals surface area contributed by atoms with Crippen LogP contribution in [0.3, 0.4) is 0 Å². The van der Waals surface area contributed by atoms with Gasteiger partial charge in [0.15, 0.2) is 17.3 Å². The summed E-state index contributed by atoms with van der Waals surface area (Å²) in [5.74, 6) is -0.0481. The molecule has 0 atom stereocenters. The number of hydrogen-bond acceptors (Lipinski definition) is 5. The lowest BCUT2D eigenvalue weighted by atomic mass is 10.0. The molecule has 0 bridgehead atoms. The number of halogens is 1. The Balaban J connectivity index is 1.52. The lowest BCUT2D eigenvalue weighted by molar-refractivity contribution is 0.0951. The fraction of sp³-hybridized carbons (Fsp3) is 0.333. The molecule has 0 aliphatic carbocycles. The third-order valence-electron chi connectivity index (χ3n) is 7.48. The van der Waals surface area contributed by atoms with Crippen molar-refractivity contribution in [3.8, 4) is 17.2 Å². The minimum Gasteiger partial charge on any atom is -0.450 e. The lowest BCUT2D eigenvalue weighted by Gasteiger charge is -2.29. The molecule has 4 aromatic rings. The average molecular weight is 515 g/mol. The Hall–Kier alpha value is -3.91. The van der Waals surface area contributed by atoms with Gasteiger partial charge in [0.25, 0.3) is 5.91 Å². The van der Waals surface area contributed by atoms with Crippen molar-refractivity contribution < 1.29 is 13.9 Å². The summed E-state index contributed by atoms with van der Waals surface area (Å²) in [7, 11) is 4.01. The highest BCUT2D eigenvalue weighted by atomic mass is 19.1. The predicted octanol–water partition coefficient (Wildman–Crippen LogP) is 5.06. The molecule has 1 aromatic heterocycles. The van der Waals surface area contributed by atoms with Crippen molar-refractivity contribution in [2.24, 2.45) is 0 Å². The zero-order valence-corrected chi connectivity index (χ0v) is 21.7. The highest BCUT2D eigenvalue weighted by Gasteiger charge is 2.32. The van der Waals surface area contributed by atoms with Crippen molar-refractivity contribution >= 4 is 33.3 Å². The highest BCUT2D eigenvalue weighted by molar-refractivity contribution is 6.03. The van der Waals surface area contributed by atoms with Crippen LogP contribution in [0.5, 0.6) is 11.5 Å². The van der Waals surface area contributed by atoms with Crippen LogP contribution >= 0.6 is 0 Å². The first kappa shape index (κ1) is 24.4. The Morgan fingerprint density at radius 2 is 1.84 bits per heavy atom. The number of rotatable bonds is 7. The maximum Gasteiger partial charge on any atom is 0.256 e. The topological polar surface area (TPSA) is 66.8 Å². The van der Waals surface area contributed by atoms with Gasteiger partial charge in [-0.3, -0.25) is 9.59 Å². The highest BCUT2D eigenvalue weighted by Crippen LogP contribution is 2.49. The van der Waals surface area contributed by atoms with Crippen molar-refractivity contribution in [2.75, 3.05) is 45.2 Å². The van der Waals surface area contributed by atoms with Crippen molar-refractivity contribution in [3.63, 3.8) is 0 Å². The molecule has 3 aromatic carbocycles. The summed E-state index contributed by atoms with van der Waals surface area (Å²) in [6, 6.07) is 13.0. The number of pyridine rings is 1. The van der Waals surface area contributed by atoms with E-state index in [2.05, 4.69) is 10.2 Å². The summed E-state index contributed by atoms with van der Waals surface area (Å²) in [5.41, 5.74) is 1.07. The second kappa shape index (κ2) is 9.76. The Morgan fingerprint density at radius 1 is 1.05 bits per heavy atom. The fourth-order valence-corrected chi connectivity index (χ4v) is 5.58. The Bertz CT molecular complexity index is 1620. The molecule has 1 saturated heterocycles. The largest absolute Gasteiger partial charge is 0.450 e. The van der Waals surface area contributed by atoms with E-state index in [0.717, 1.165) is 56.1 Å². The van der Waals surface area contributed by atoms with Crippen molar-refractivity contribution in [1.29, 1.82) is 0 Å². The Kier molecular flexibility index (Phi) is 6.27. The molecule has 2 aliphatic rings. The van der Waals surface area contributed by atoms with E-state index in [1.165, 1.54) is 6.07 Å². The zero-order chi connectivity index (χ0) is 26.4. The number of benzene rings is 3. The molecule has 0 spiro atoms. The zero-order valence-electron chi connectivity index (χ0n) is 21.7. The van der Waals surface area contributed by atoms with E-state index in [-0.39, 0.29) is 10.9 Å². The number of hydrogen-bond donors (Lipinski definition) is 1. The molecule has 0 unspecified atom stereocenters. The number of amides is 1. The number of aromatic nitrogens is 1.